The Kier molecular flexibility index (Phi) is 4.39. The molecule has 130 valence electrons. The summed E-state index contributed by atoms with van der Waals surface area (Å²) in [6.07, 6.45) is 0.0114. The molecule has 2 aromatic rings. The monoisotopic (exact) mass is 402 g/mol. The van der Waals surface area contributed by atoms with Gasteiger partial charge in [-0.25, -0.2) is 4.79 Å². The van der Waals surface area contributed by atoms with Gasteiger partial charge < -0.3 is 14.7 Å². The Morgan fingerprint density at radius 1 is 1.08 bits per heavy atom. The lowest BCUT2D eigenvalue weighted by molar-refractivity contribution is 0.0846. The van der Waals surface area contributed by atoms with Crippen molar-refractivity contribution in [3.63, 3.8) is 0 Å². The van der Waals surface area contributed by atoms with Crippen LogP contribution in [0.25, 0.3) is 0 Å². The van der Waals surface area contributed by atoms with Crippen LogP contribution in [0.15, 0.2) is 46.9 Å². The Morgan fingerprint density at radius 3 is 2.60 bits per heavy atom. The summed E-state index contributed by atoms with van der Waals surface area (Å²) in [5.41, 5.74) is 2.33. The fraction of sp³-hybridized carbons (Fsp3) is 0.316. The van der Waals surface area contributed by atoms with Gasteiger partial charge in [-0.05, 0) is 36.2 Å². The number of carbonyl (C=O) groups is 1. The van der Waals surface area contributed by atoms with Crippen molar-refractivity contribution in [2.75, 3.05) is 26.2 Å². The van der Waals surface area contributed by atoms with E-state index in [4.69, 9.17) is 4.74 Å². The summed E-state index contributed by atoms with van der Waals surface area (Å²) in [7, 11) is 0. The quantitative estimate of drug-likeness (QED) is 0.778. The number of rotatable bonds is 1. The molecule has 1 saturated heterocycles. The molecule has 0 spiro atoms. The Bertz CT molecular complexity index is 803. The summed E-state index contributed by atoms with van der Waals surface area (Å²) >= 11 is 3.55. The second kappa shape index (κ2) is 6.69. The van der Waals surface area contributed by atoms with Crippen LogP contribution in [0.4, 0.5) is 4.79 Å². The fourth-order valence-corrected chi connectivity index (χ4v) is 4.05. The van der Waals surface area contributed by atoms with Gasteiger partial charge in [-0.3, -0.25) is 4.90 Å². The van der Waals surface area contributed by atoms with Crippen LogP contribution >= 0.6 is 15.9 Å². The fourth-order valence-electron chi connectivity index (χ4n) is 3.64. The molecule has 25 heavy (non-hydrogen) atoms. The highest BCUT2D eigenvalue weighted by molar-refractivity contribution is 9.10. The van der Waals surface area contributed by atoms with E-state index in [1.165, 1.54) is 10.5 Å². The number of benzene rings is 2. The predicted molar refractivity (Wildman–Crippen MR) is 98.3 cm³/mol. The van der Waals surface area contributed by atoms with Crippen molar-refractivity contribution in [2.24, 2.45) is 0 Å². The maximum Gasteiger partial charge on any atom is 0.407 e. The highest BCUT2D eigenvalue weighted by Crippen LogP contribution is 2.41. The molecule has 2 aromatic carbocycles. The highest BCUT2D eigenvalue weighted by atomic mass is 79.9. The molecular formula is C19H19BrN2O3. The first-order valence-corrected chi connectivity index (χ1v) is 9.18. The summed E-state index contributed by atoms with van der Waals surface area (Å²) in [5, 5.41) is 9.18. The number of carboxylic acid groups (broad SMARTS) is 1. The van der Waals surface area contributed by atoms with Gasteiger partial charge in [-0.15, -0.1) is 0 Å². The summed E-state index contributed by atoms with van der Waals surface area (Å²) in [5.74, 6) is 1.77. The molecule has 1 fully saturated rings. The highest BCUT2D eigenvalue weighted by Gasteiger charge is 2.31. The van der Waals surface area contributed by atoms with Gasteiger partial charge in [0.25, 0.3) is 0 Å². The van der Waals surface area contributed by atoms with Crippen molar-refractivity contribution in [2.45, 2.75) is 12.5 Å². The lowest BCUT2D eigenvalue weighted by Crippen LogP contribution is -2.49. The molecule has 1 unspecified atom stereocenters. The minimum Gasteiger partial charge on any atom is -0.465 e. The van der Waals surface area contributed by atoms with E-state index in [0.29, 0.717) is 13.1 Å². The normalized spacial score (nSPS) is 20.2. The Labute approximate surface area is 154 Å². The molecule has 5 nitrogen and oxygen atoms in total. The average Bonchev–Trinajstić information content (AvgIpc) is 2.78. The van der Waals surface area contributed by atoms with E-state index in [0.717, 1.165) is 41.0 Å². The third kappa shape index (κ3) is 3.24. The van der Waals surface area contributed by atoms with Gasteiger partial charge >= 0.3 is 6.09 Å². The zero-order chi connectivity index (χ0) is 17.4. The number of halogens is 1. The molecule has 0 bridgehead atoms. The van der Waals surface area contributed by atoms with Gasteiger partial charge in [0.2, 0.25) is 0 Å². The third-order valence-corrected chi connectivity index (χ3v) is 5.45. The van der Waals surface area contributed by atoms with Gasteiger partial charge in [0.05, 0.1) is 0 Å². The first-order valence-electron chi connectivity index (χ1n) is 8.39. The van der Waals surface area contributed by atoms with Crippen LogP contribution in [0, 0.1) is 0 Å². The molecule has 0 saturated carbocycles. The number of hydrogen-bond acceptors (Lipinski definition) is 3. The number of nitrogens with zero attached hydrogens (tertiary/aromatic N) is 2. The molecule has 6 heteroatoms. The topological polar surface area (TPSA) is 53.0 Å². The number of fused-ring (bicyclic) bond motifs is 2. The van der Waals surface area contributed by atoms with E-state index in [2.05, 4.69) is 33.0 Å². The Morgan fingerprint density at radius 2 is 1.84 bits per heavy atom. The number of para-hydroxylation sites is 1. The largest absolute Gasteiger partial charge is 0.465 e. The van der Waals surface area contributed by atoms with Crippen molar-refractivity contribution in [1.82, 2.24) is 9.80 Å². The van der Waals surface area contributed by atoms with Crippen molar-refractivity contribution in [1.29, 1.82) is 0 Å². The number of amides is 1. The van der Waals surface area contributed by atoms with Crippen LogP contribution < -0.4 is 4.74 Å². The van der Waals surface area contributed by atoms with Crippen LogP contribution in [0.5, 0.6) is 11.5 Å². The molecule has 0 aromatic heterocycles. The molecular weight excluding hydrogens is 384 g/mol. The van der Waals surface area contributed by atoms with Crippen molar-refractivity contribution < 1.29 is 14.6 Å². The first kappa shape index (κ1) is 16.4. The van der Waals surface area contributed by atoms with Gasteiger partial charge in [0, 0.05) is 42.3 Å². The molecule has 2 aliphatic rings. The van der Waals surface area contributed by atoms with Gasteiger partial charge in [-0.1, -0.05) is 34.1 Å². The van der Waals surface area contributed by atoms with Gasteiger partial charge in [0.15, 0.2) is 0 Å². The van der Waals surface area contributed by atoms with E-state index in [1.807, 2.05) is 30.3 Å². The van der Waals surface area contributed by atoms with Crippen LogP contribution in [-0.4, -0.2) is 47.2 Å². The van der Waals surface area contributed by atoms with E-state index in [1.54, 1.807) is 0 Å². The standard InChI is InChI=1S/C19H19BrN2O3/c20-14-5-6-17-13(11-14)12-16(15-3-1-2-4-18(15)25-17)21-7-9-22(10-8-21)19(23)24/h1-6,11,16H,7-10,12H2,(H,23,24). The smallest absolute Gasteiger partial charge is 0.407 e. The average molecular weight is 403 g/mol. The van der Waals surface area contributed by atoms with Crippen LogP contribution in [-0.2, 0) is 6.42 Å². The summed E-state index contributed by atoms with van der Waals surface area (Å²) in [6.45, 7) is 2.55. The van der Waals surface area contributed by atoms with Crippen molar-refractivity contribution in [3.8, 4) is 11.5 Å². The van der Waals surface area contributed by atoms with Crippen LogP contribution in [0.2, 0.25) is 0 Å². The van der Waals surface area contributed by atoms with Gasteiger partial charge in [-0.2, -0.15) is 0 Å². The SMILES string of the molecule is O=C(O)N1CCN(C2Cc3cc(Br)ccc3Oc3ccccc32)CC1. The van der Waals surface area contributed by atoms with E-state index in [9.17, 15) is 9.90 Å². The van der Waals surface area contributed by atoms with E-state index >= 15 is 0 Å². The second-order valence-electron chi connectivity index (χ2n) is 6.42. The van der Waals surface area contributed by atoms with Crippen molar-refractivity contribution >= 4 is 22.0 Å². The van der Waals surface area contributed by atoms with Crippen molar-refractivity contribution in [3.05, 3.63) is 58.1 Å². The molecule has 2 heterocycles. The van der Waals surface area contributed by atoms with Crippen LogP contribution in [0.1, 0.15) is 17.2 Å². The maximum atomic E-state index is 11.2. The number of ether oxygens (including phenoxy) is 1. The van der Waals surface area contributed by atoms with Crippen LogP contribution in [0.3, 0.4) is 0 Å². The molecule has 1 atom stereocenters. The molecule has 2 aliphatic heterocycles. The molecule has 4 rings (SSSR count). The predicted octanol–water partition coefficient (Wildman–Crippen LogP) is 4.13. The lowest BCUT2D eigenvalue weighted by atomic mass is 9.96. The summed E-state index contributed by atoms with van der Waals surface area (Å²) in [6, 6.07) is 14.4. The summed E-state index contributed by atoms with van der Waals surface area (Å²) in [4.78, 5) is 15.0. The molecule has 1 N–H and O–H groups in total. The lowest BCUT2D eigenvalue weighted by Gasteiger charge is -2.38. The molecule has 0 aliphatic carbocycles. The van der Waals surface area contributed by atoms with E-state index < -0.39 is 6.09 Å². The zero-order valence-electron chi connectivity index (χ0n) is 13.7. The maximum absolute atomic E-state index is 11.2. The number of hydrogen-bond donors (Lipinski definition) is 1. The minimum atomic E-state index is -0.835. The number of piperazine rings is 1. The Hall–Kier alpha value is -2.05. The molecule has 1 amide bonds. The Balaban J connectivity index is 1.67. The van der Waals surface area contributed by atoms with Gasteiger partial charge in [0.1, 0.15) is 11.5 Å². The molecule has 0 radical (unpaired) electrons. The third-order valence-electron chi connectivity index (χ3n) is 4.96. The second-order valence-corrected chi connectivity index (χ2v) is 7.33. The summed E-state index contributed by atoms with van der Waals surface area (Å²) < 4.78 is 7.22. The zero-order valence-corrected chi connectivity index (χ0v) is 15.3. The first-order chi connectivity index (χ1) is 12.1. The van der Waals surface area contributed by atoms with E-state index in [-0.39, 0.29) is 6.04 Å². The minimum absolute atomic E-state index is 0.183.